The van der Waals surface area contributed by atoms with E-state index in [1.165, 1.54) is 17.4 Å². The van der Waals surface area contributed by atoms with Crippen LogP contribution in [-0.4, -0.2) is 11.0 Å². The van der Waals surface area contributed by atoms with Gasteiger partial charge in [-0.15, -0.1) is 0 Å². The number of hydrogen-bond acceptors (Lipinski definition) is 2. The predicted octanol–water partition coefficient (Wildman–Crippen LogP) is 4.07. The number of fused-ring (bicyclic) bond motifs is 1. The molecule has 2 nitrogen and oxygen atoms in total. The Bertz CT molecular complexity index is 548. The molecule has 0 aliphatic carbocycles. The van der Waals surface area contributed by atoms with Crippen LogP contribution in [0.25, 0.3) is 10.9 Å². The Morgan fingerprint density at radius 1 is 1.21 bits per heavy atom. The fourth-order valence-electron chi connectivity index (χ4n) is 2.37. The number of aryl methyl sites for hydroxylation is 1. The molecular weight excluding hydrogens is 232 g/mol. The van der Waals surface area contributed by atoms with Crippen LogP contribution in [0.4, 0.5) is 0 Å². The summed E-state index contributed by atoms with van der Waals surface area (Å²) in [6.07, 6.45) is 1.21. The first-order chi connectivity index (χ1) is 9.11. The van der Waals surface area contributed by atoms with Crippen molar-refractivity contribution in [3.05, 3.63) is 41.6 Å². The Hall–Kier alpha value is -1.41. The number of nitrogens with zero attached hydrogens (tertiary/aromatic N) is 1. The molecule has 0 bridgehead atoms. The van der Waals surface area contributed by atoms with Crippen LogP contribution in [0.2, 0.25) is 0 Å². The zero-order chi connectivity index (χ0) is 13.8. The molecule has 102 valence electrons. The number of rotatable bonds is 5. The molecule has 2 unspecified atom stereocenters. The molecule has 1 N–H and O–H groups in total. The summed E-state index contributed by atoms with van der Waals surface area (Å²) in [5.41, 5.74) is 3.53. The van der Waals surface area contributed by atoms with E-state index in [9.17, 15) is 0 Å². The van der Waals surface area contributed by atoms with Gasteiger partial charge >= 0.3 is 0 Å². The molecule has 0 amide bonds. The quantitative estimate of drug-likeness (QED) is 0.872. The topological polar surface area (TPSA) is 24.9 Å². The second kappa shape index (κ2) is 6.16. The standard InChI is InChI=1S/C17H24N2/c1-5-12(2)14(4)18-11-15-10-13(3)19-17-9-7-6-8-16(15)17/h6-10,12,14,18H,5,11H2,1-4H3. The zero-order valence-corrected chi connectivity index (χ0v) is 12.4. The highest BCUT2D eigenvalue weighted by Gasteiger charge is 2.10. The Labute approximate surface area is 116 Å². The smallest absolute Gasteiger partial charge is 0.0708 e. The third-order valence-electron chi connectivity index (χ3n) is 4.04. The third-order valence-corrected chi connectivity index (χ3v) is 4.04. The average Bonchev–Trinajstić information content (AvgIpc) is 2.43. The van der Waals surface area contributed by atoms with E-state index in [1.54, 1.807) is 0 Å². The molecule has 19 heavy (non-hydrogen) atoms. The molecule has 1 aromatic heterocycles. The number of hydrogen-bond donors (Lipinski definition) is 1. The van der Waals surface area contributed by atoms with E-state index in [0.29, 0.717) is 12.0 Å². The second-order valence-corrected chi connectivity index (χ2v) is 5.50. The molecule has 0 aliphatic heterocycles. The van der Waals surface area contributed by atoms with Crippen LogP contribution in [0.5, 0.6) is 0 Å². The molecule has 1 heterocycles. The van der Waals surface area contributed by atoms with Gasteiger partial charge in [-0.25, -0.2) is 0 Å². The van der Waals surface area contributed by atoms with Crippen LogP contribution in [-0.2, 0) is 6.54 Å². The lowest BCUT2D eigenvalue weighted by Gasteiger charge is -2.20. The lowest BCUT2D eigenvalue weighted by molar-refractivity contribution is 0.390. The molecule has 1 aromatic carbocycles. The van der Waals surface area contributed by atoms with Crippen molar-refractivity contribution >= 4 is 10.9 Å². The minimum absolute atomic E-state index is 0.539. The van der Waals surface area contributed by atoms with Gasteiger partial charge in [0.2, 0.25) is 0 Å². The van der Waals surface area contributed by atoms with Crippen LogP contribution in [0.15, 0.2) is 30.3 Å². The summed E-state index contributed by atoms with van der Waals surface area (Å²) in [6, 6.07) is 11.1. The van der Waals surface area contributed by atoms with E-state index in [1.807, 2.05) is 6.07 Å². The van der Waals surface area contributed by atoms with E-state index in [-0.39, 0.29) is 0 Å². The molecule has 2 aromatic rings. The van der Waals surface area contributed by atoms with Crippen LogP contribution in [0.3, 0.4) is 0 Å². The maximum absolute atomic E-state index is 4.59. The highest BCUT2D eigenvalue weighted by molar-refractivity contribution is 5.82. The van der Waals surface area contributed by atoms with E-state index in [0.717, 1.165) is 17.8 Å². The van der Waals surface area contributed by atoms with Crippen LogP contribution >= 0.6 is 0 Å². The number of pyridine rings is 1. The summed E-state index contributed by atoms with van der Waals surface area (Å²) in [5.74, 6) is 0.703. The number of benzene rings is 1. The van der Waals surface area contributed by atoms with E-state index < -0.39 is 0 Å². The Balaban J connectivity index is 2.20. The van der Waals surface area contributed by atoms with Crippen LogP contribution in [0, 0.1) is 12.8 Å². The largest absolute Gasteiger partial charge is 0.310 e. The first-order valence-corrected chi connectivity index (χ1v) is 7.20. The lowest BCUT2D eigenvalue weighted by Crippen LogP contribution is -2.31. The molecule has 0 fully saturated rings. The van der Waals surface area contributed by atoms with Gasteiger partial charge in [-0.05, 0) is 37.5 Å². The molecule has 2 rings (SSSR count). The fraction of sp³-hybridized carbons (Fsp3) is 0.471. The van der Waals surface area contributed by atoms with Crippen LogP contribution < -0.4 is 5.32 Å². The van der Waals surface area contributed by atoms with Crippen molar-refractivity contribution in [3.63, 3.8) is 0 Å². The van der Waals surface area contributed by atoms with Crippen molar-refractivity contribution in [1.82, 2.24) is 10.3 Å². The summed E-state index contributed by atoms with van der Waals surface area (Å²) >= 11 is 0. The first-order valence-electron chi connectivity index (χ1n) is 7.20. The summed E-state index contributed by atoms with van der Waals surface area (Å²) in [7, 11) is 0. The van der Waals surface area contributed by atoms with Gasteiger partial charge in [0.15, 0.2) is 0 Å². The minimum atomic E-state index is 0.539. The third kappa shape index (κ3) is 3.32. The maximum Gasteiger partial charge on any atom is 0.0708 e. The molecule has 0 spiro atoms. The lowest BCUT2D eigenvalue weighted by atomic mass is 10.00. The van der Waals surface area contributed by atoms with Crippen molar-refractivity contribution in [2.45, 2.75) is 46.7 Å². The van der Waals surface area contributed by atoms with Gasteiger partial charge in [0, 0.05) is 23.7 Å². The van der Waals surface area contributed by atoms with E-state index in [4.69, 9.17) is 0 Å². The van der Waals surface area contributed by atoms with Crippen LogP contribution in [0.1, 0.15) is 38.4 Å². The van der Waals surface area contributed by atoms with Gasteiger partial charge in [-0.1, -0.05) is 38.5 Å². The normalized spacial score (nSPS) is 14.5. The van der Waals surface area contributed by atoms with Gasteiger partial charge in [-0.2, -0.15) is 0 Å². The minimum Gasteiger partial charge on any atom is -0.310 e. The summed E-state index contributed by atoms with van der Waals surface area (Å²) in [6.45, 7) is 9.79. The van der Waals surface area contributed by atoms with Crippen molar-refractivity contribution < 1.29 is 0 Å². The van der Waals surface area contributed by atoms with Gasteiger partial charge in [-0.3, -0.25) is 4.98 Å². The molecule has 2 atom stereocenters. The molecule has 0 saturated carbocycles. The molecule has 0 radical (unpaired) electrons. The number of para-hydroxylation sites is 1. The van der Waals surface area contributed by atoms with Crippen molar-refractivity contribution in [2.24, 2.45) is 5.92 Å². The maximum atomic E-state index is 4.59. The van der Waals surface area contributed by atoms with Gasteiger partial charge in [0.1, 0.15) is 0 Å². The molecular formula is C17H24N2. The highest BCUT2D eigenvalue weighted by atomic mass is 14.9. The number of aromatic nitrogens is 1. The fourth-order valence-corrected chi connectivity index (χ4v) is 2.37. The van der Waals surface area contributed by atoms with E-state index in [2.05, 4.69) is 62.3 Å². The van der Waals surface area contributed by atoms with Gasteiger partial charge in [0.25, 0.3) is 0 Å². The van der Waals surface area contributed by atoms with Gasteiger partial charge < -0.3 is 5.32 Å². The Morgan fingerprint density at radius 2 is 1.95 bits per heavy atom. The second-order valence-electron chi connectivity index (χ2n) is 5.50. The predicted molar refractivity (Wildman–Crippen MR) is 82.2 cm³/mol. The summed E-state index contributed by atoms with van der Waals surface area (Å²) in [4.78, 5) is 4.59. The summed E-state index contributed by atoms with van der Waals surface area (Å²) < 4.78 is 0. The highest BCUT2D eigenvalue weighted by Crippen LogP contribution is 2.18. The van der Waals surface area contributed by atoms with Crippen molar-refractivity contribution in [3.8, 4) is 0 Å². The molecule has 2 heteroatoms. The monoisotopic (exact) mass is 256 g/mol. The SMILES string of the molecule is CCC(C)C(C)NCc1cc(C)nc2ccccc12. The van der Waals surface area contributed by atoms with Gasteiger partial charge in [0.05, 0.1) is 5.52 Å². The zero-order valence-electron chi connectivity index (χ0n) is 12.4. The summed E-state index contributed by atoms with van der Waals surface area (Å²) in [5, 5.41) is 4.90. The Morgan fingerprint density at radius 3 is 2.68 bits per heavy atom. The van der Waals surface area contributed by atoms with E-state index >= 15 is 0 Å². The number of nitrogens with one attached hydrogen (secondary N) is 1. The van der Waals surface area contributed by atoms with Crippen molar-refractivity contribution in [1.29, 1.82) is 0 Å². The molecule has 0 saturated heterocycles. The first kappa shape index (κ1) is 14.0. The average molecular weight is 256 g/mol. The molecule has 0 aliphatic rings. The Kier molecular flexibility index (Phi) is 4.54. The van der Waals surface area contributed by atoms with Crippen molar-refractivity contribution in [2.75, 3.05) is 0 Å².